The molecule has 2 aromatic carbocycles. The fourth-order valence-electron chi connectivity index (χ4n) is 4.31. The summed E-state index contributed by atoms with van der Waals surface area (Å²) in [6.45, 7) is 13.2. The number of rotatable bonds is 13. The van der Waals surface area contributed by atoms with E-state index in [1.54, 1.807) is 12.3 Å². The number of benzene rings is 2. The summed E-state index contributed by atoms with van der Waals surface area (Å²) < 4.78 is 18.2. The van der Waals surface area contributed by atoms with E-state index in [0.29, 0.717) is 23.6 Å². The van der Waals surface area contributed by atoms with Crippen molar-refractivity contribution in [3.05, 3.63) is 78.1 Å². The van der Waals surface area contributed by atoms with Crippen molar-refractivity contribution in [1.29, 1.82) is 0 Å². The predicted molar refractivity (Wildman–Crippen MR) is 161 cm³/mol. The van der Waals surface area contributed by atoms with Crippen LogP contribution in [-0.4, -0.2) is 28.6 Å². The minimum Gasteiger partial charge on any atom is -0.488 e. The first-order valence-electron chi connectivity index (χ1n) is 14.3. The van der Waals surface area contributed by atoms with Crippen molar-refractivity contribution in [1.82, 2.24) is 10.3 Å². The minimum atomic E-state index is -0.274. The summed E-state index contributed by atoms with van der Waals surface area (Å²) in [4.78, 5) is 17.9. The molecule has 6 nitrogen and oxygen atoms in total. The smallest absolute Gasteiger partial charge is 0.252 e. The zero-order chi connectivity index (χ0) is 28.8. The number of carbonyl (C=O) groups excluding carboxylic acids is 1. The molecular formula is C34H42N2O4. The third-order valence-corrected chi connectivity index (χ3v) is 7.41. The van der Waals surface area contributed by atoms with E-state index in [1.165, 1.54) is 0 Å². The Labute approximate surface area is 238 Å². The van der Waals surface area contributed by atoms with E-state index < -0.39 is 0 Å². The lowest BCUT2D eigenvalue weighted by Gasteiger charge is -2.29. The van der Waals surface area contributed by atoms with Crippen molar-refractivity contribution >= 4 is 16.8 Å². The summed E-state index contributed by atoms with van der Waals surface area (Å²) in [5.74, 6) is 2.22. The van der Waals surface area contributed by atoms with E-state index in [2.05, 4.69) is 57.9 Å². The van der Waals surface area contributed by atoms with Crippen molar-refractivity contribution < 1.29 is 18.7 Å². The van der Waals surface area contributed by atoms with Gasteiger partial charge in [-0.3, -0.25) is 4.79 Å². The number of nitrogens with one attached hydrogen (secondary N) is 1. The molecule has 1 N–H and O–H groups in total. The van der Waals surface area contributed by atoms with E-state index in [4.69, 9.17) is 13.9 Å². The first-order chi connectivity index (χ1) is 19.1. The van der Waals surface area contributed by atoms with E-state index in [-0.39, 0.29) is 17.1 Å². The van der Waals surface area contributed by atoms with Gasteiger partial charge >= 0.3 is 0 Å². The van der Waals surface area contributed by atoms with Gasteiger partial charge in [-0.05, 0) is 95.7 Å². The summed E-state index contributed by atoms with van der Waals surface area (Å²) >= 11 is 0. The van der Waals surface area contributed by atoms with Gasteiger partial charge in [0.15, 0.2) is 5.76 Å². The van der Waals surface area contributed by atoms with Gasteiger partial charge < -0.3 is 19.2 Å². The number of para-hydroxylation sites is 1. The second-order valence-electron chi connectivity index (χ2n) is 11.5. The average molecular weight is 543 g/mol. The Bertz CT molecular complexity index is 1420. The molecule has 0 aliphatic carbocycles. The molecule has 212 valence electrons. The summed E-state index contributed by atoms with van der Waals surface area (Å²) in [6, 6.07) is 19.3. The number of ether oxygens (including phenoxy) is 2. The number of nitrogens with zero attached hydrogens (tertiary/aromatic N) is 1. The summed E-state index contributed by atoms with van der Waals surface area (Å²) in [6.07, 6.45) is 6.03. The van der Waals surface area contributed by atoms with Gasteiger partial charge in [-0.25, -0.2) is 4.98 Å². The van der Waals surface area contributed by atoms with Crippen LogP contribution in [0.2, 0.25) is 0 Å². The van der Waals surface area contributed by atoms with Crippen LogP contribution in [0.4, 0.5) is 0 Å². The van der Waals surface area contributed by atoms with Gasteiger partial charge in [-0.1, -0.05) is 38.1 Å². The lowest BCUT2D eigenvalue weighted by molar-refractivity contribution is 0.0942. The second kappa shape index (κ2) is 12.6. The second-order valence-corrected chi connectivity index (χ2v) is 11.5. The van der Waals surface area contributed by atoms with Gasteiger partial charge in [0.1, 0.15) is 28.4 Å². The summed E-state index contributed by atoms with van der Waals surface area (Å²) in [5, 5.41) is 3.93. The van der Waals surface area contributed by atoms with Crippen LogP contribution in [0.25, 0.3) is 22.4 Å². The molecule has 0 spiro atoms. The maximum absolute atomic E-state index is 13.2. The van der Waals surface area contributed by atoms with Crippen molar-refractivity contribution in [2.75, 3.05) is 6.54 Å². The standard InChI is InChI=1S/C34H42N2O4/c1-7-33(3,4)39-25-19-18-24(31(22-25)40-34(5,6)8-2)14-11-12-20-35-32(37)27-23-29(30-17-13-21-38-30)36-28-16-10-9-15-26(27)28/h9-10,13,15-19,21-23H,7-8,11-12,14,20H2,1-6H3,(H,35,37). The molecular weight excluding hydrogens is 500 g/mol. The Morgan fingerprint density at radius 2 is 1.65 bits per heavy atom. The maximum atomic E-state index is 13.2. The first-order valence-corrected chi connectivity index (χ1v) is 14.3. The van der Waals surface area contributed by atoms with E-state index in [0.717, 1.165) is 60.1 Å². The number of aryl methyl sites for hydroxylation is 1. The monoisotopic (exact) mass is 542 g/mol. The molecule has 0 bridgehead atoms. The lowest BCUT2D eigenvalue weighted by Crippen LogP contribution is -2.28. The topological polar surface area (TPSA) is 73.6 Å². The van der Waals surface area contributed by atoms with Gasteiger partial charge in [0, 0.05) is 18.0 Å². The highest BCUT2D eigenvalue weighted by Gasteiger charge is 2.22. The van der Waals surface area contributed by atoms with E-state index >= 15 is 0 Å². The Hall–Kier alpha value is -3.80. The number of fused-ring (bicyclic) bond motifs is 1. The normalized spacial score (nSPS) is 11.9. The lowest BCUT2D eigenvalue weighted by atomic mass is 10.0. The average Bonchev–Trinajstić information content (AvgIpc) is 3.48. The summed E-state index contributed by atoms with van der Waals surface area (Å²) in [7, 11) is 0. The molecule has 1 amide bonds. The van der Waals surface area contributed by atoms with Crippen LogP contribution in [0.3, 0.4) is 0 Å². The van der Waals surface area contributed by atoms with Crippen LogP contribution in [0.5, 0.6) is 11.5 Å². The number of amides is 1. The molecule has 0 atom stereocenters. The number of aromatic nitrogens is 1. The van der Waals surface area contributed by atoms with Crippen molar-refractivity contribution in [2.45, 2.75) is 84.8 Å². The van der Waals surface area contributed by atoms with Gasteiger partial charge in [0.05, 0.1) is 17.3 Å². The first kappa shape index (κ1) is 29.2. The quantitative estimate of drug-likeness (QED) is 0.172. The largest absolute Gasteiger partial charge is 0.488 e. The number of pyridine rings is 1. The molecule has 2 heterocycles. The van der Waals surface area contributed by atoms with E-state index in [1.807, 2.05) is 48.5 Å². The summed E-state index contributed by atoms with van der Waals surface area (Å²) in [5.41, 5.74) is 2.64. The Morgan fingerprint density at radius 1 is 0.900 bits per heavy atom. The highest BCUT2D eigenvalue weighted by molar-refractivity contribution is 6.07. The predicted octanol–water partition coefficient (Wildman–Crippen LogP) is 8.38. The van der Waals surface area contributed by atoms with Crippen molar-refractivity contribution in [3.8, 4) is 23.0 Å². The number of hydrogen-bond acceptors (Lipinski definition) is 5. The molecule has 6 heteroatoms. The molecule has 40 heavy (non-hydrogen) atoms. The minimum absolute atomic E-state index is 0.111. The molecule has 4 rings (SSSR count). The highest BCUT2D eigenvalue weighted by atomic mass is 16.5. The number of carbonyl (C=O) groups is 1. The Morgan fingerprint density at radius 3 is 2.38 bits per heavy atom. The zero-order valence-corrected chi connectivity index (χ0v) is 24.7. The number of unbranched alkanes of at least 4 members (excludes halogenated alkanes) is 1. The van der Waals surface area contributed by atoms with Crippen molar-refractivity contribution in [2.24, 2.45) is 0 Å². The van der Waals surface area contributed by atoms with Crippen LogP contribution in [0.1, 0.15) is 83.1 Å². The molecule has 4 aromatic rings. The van der Waals surface area contributed by atoms with Gasteiger partial charge in [-0.2, -0.15) is 0 Å². The van der Waals surface area contributed by atoms with Gasteiger partial charge in [-0.15, -0.1) is 0 Å². The molecule has 0 aliphatic rings. The molecule has 0 fully saturated rings. The van der Waals surface area contributed by atoms with Crippen LogP contribution in [-0.2, 0) is 6.42 Å². The highest BCUT2D eigenvalue weighted by Crippen LogP contribution is 2.32. The van der Waals surface area contributed by atoms with E-state index in [9.17, 15) is 4.79 Å². The number of furan rings is 1. The third kappa shape index (κ3) is 7.44. The third-order valence-electron chi connectivity index (χ3n) is 7.41. The van der Waals surface area contributed by atoms with Gasteiger partial charge in [0.25, 0.3) is 5.91 Å². The van der Waals surface area contributed by atoms with Gasteiger partial charge in [0.2, 0.25) is 0 Å². The van der Waals surface area contributed by atoms with Crippen LogP contribution >= 0.6 is 0 Å². The molecule has 0 radical (unpaired) electrons. The zero-order valence-electron chi connectivity index (χ0n) is 24.7. The SMILES string of the molecule is CCC(C)(C)Oc1ccc(CCCCNC(=O)c2cc(-c3ccco3)nc3ccccc23)c(OC(C)(C)CC)c1. The Balaban J connectivity index is 1.40. The van der Waals surface area contributed by atoms with Crippen molar-refractivity contribution in [3.63, 3.8) is 0 Å². The number of hydrogen-bond donors (Lipinski definition) is 1. The molecule has 0 saturated carbocycles. The maximum Gasteiger partial charge on any atom is 0.252 e. The molecule has 0 unspecified atom stereocenters. The molecule has 0 aliphatic heterocycles. The Kier molecular flexibility index (Phi) is 9.18. The molecule has 0 saturated heterocycles. The fraction of sp³-hybridized carbons (Fsp3) is 0.412. The van der Waals surface area contributed by atoms with Crippen LogP contribution in [0.15, 0.2) is 71.3 Å². The molecule has 2 aromatic heterocycles. The van der Waals surface area contributed by atoms with Crippen LogP contribution < -0.4 is 14.8 Å². The van der Waals surface area contributed by atoms with Crippen LogP contribution in [0, 0.1) is 0 Å². The fourth-order valence-corrected chi connectivity index (χ4v) is 4.31.